The molecule has 0 amide bonds. The summed E-state index contributed by atoms with van der Waals surface area (Å²) in [4.78, 5) is 12.8. The first-order chi connectivity index (χ1) is 8.07. The van der Waals surface area contributed by atoms with Crippen molar-refractivity contribution in [2.24, 2.45) is 0 Å². The molecule has 0 aromatic carbocycles. The molecule has 1 aliphatic carbocycles. The molecule has 4 heteroatoms. The third kappa shape index (κ3) is 3.54. The van der Waals surface area contributed by atoms with Crippen molar-refractivity contribution in [3.05, 3.63) is 21.9 Å². The number of carboxylic acids is 1. The van der Waals surface area contributed by atoms with Crippen LogP contribution in [0.3, 0.4) is 0 Å². The van der Waals surface area contributed by atoms with E-state index >= 15 is 0 Å². The minimum absolute atomic E-state index is 0.141. The van der Waals surface area contributed by atoms with Gasteiger partial charge in [-0.15, -0.1) is 11.3 Å². The molecular weight excluding hydrogens is 234 g/mol. The van der Waals surface area contributed by atoms with Gasteiger partial charge in [0.2, 0.25) is 0 Å². The second kappa shape index (κ2) is 5.19. The van der Waals surface area contributed by atoms with Gasteiger partial charge in [0.1, 0.15) is 0 Å². The number of aliphatic carboxylic acids is 1. The third-order valence-electron chi connectivity index (χ3n) is 3.44. The van der Waals surface area contributed by atoms with E-state index in [9.17, 15) is 4.79 Å². The zero-order valence-corrected chi connectivity index (χ0v) is 11.0. The first-order valence-electron chi connectivity index (χ1n) is 6.12. The Balaban J connectivity index is 1.86. The maximum atomic E-state index is 10.6. The molecule has 0 spiro atoms. The molecule has 2 rings (SSSR count). The van der Waals surface area contributed by atoms with Gasteiger partial charge in [0.05, 0.1) is 6.42 Å². The Labute approximate surface area is 106 Å². The Hall–Kier alpha value is -0.870. The minimum Gasteiger partial charge on any atom is -0.481 e. The smallest absolute Gasteiger partial charge is 0.308 e. The van der Waals surface area contributed by atoms with Crippen LogP contribution in [-0.4, -0.2) is 16.6 Å². The summed E-state index contributed by atoms with van der Waals surface area (Å²) in [6.07, 6.45) is 5.28. The normalized spacial score (nSPS) is 18.4. The zero-order chi connectivity index (χ0) is 12.3. The van der Waals surface area contributed by atoms with Crippen LogP contribution in [0, 0.1) is 0 Å². The summed E-state index contributed by atoms with van der Waals surface area (Å²) in [5.41, 5.74) is 0.289. The van der Waals surface area contributed by atoms with E-state index in [4.69, 9.17) is 5.11 Å². The fraction of sp³-hybridized carbons (Fsp3) is 0.615. The largest absolute Gasteiger partial charge is 0.481 e. The number of carbonyl (C=O) groups is 1. The second-order valence-electron chi connectivity index (χ2n) is 5.06. The quantitative estimate of drug-likeness (QED) is 0.848. The number of nitrogens with one attached hydrogen (secondary N) is 1. The average molecular weight is 253 g/mol. The Morgan fingerprint density at radius 1 is 1.41 bits per heavy atom. The highest BCUT2D eigenvalue weighted by atomic mass is 32.1. The van der Waals surface area contributed by atoms with Gasteiger partial charge in [-0.05, 0) is 31.9 Å². The molecule has 2 N–H and O–H groups in total. The molecule has 17 heavy (non-hydrogen) atoms. The van der Waals surface area contributed by atoms with Crippen molar-refractivity contribution in [3.8, 4) is 0 Å². The fourth-order valence-corrected chi connectivity index (χ4v) is 3.34. The molecule has 3 nitrogen and oxygen atoms in total. The van der Waals surface area contributed by atoms with Gasteiger partial charge in [0.25, 0.3) is 0 Å². The van der Waals surface area contributed by atoms with Crippen molar-refractivity contribution >= 4 is 17.3 Å². The Morgan fingerprint density at radius 2 is 2.06 bits per heavy atom. The summed E-state index contributed by atoms with van der Waals surface area (Å²) in [5.74, 6) is -0.755. The third-order valence-corrected chi connectivity index (χ3v) is 4.52. The lowest BCUT2D eigenvalue weighted by Gasteiger charge is -2.24. The molecule has 1 aromatic heterocycles. The molecular formula is C13H19NO2S. The average Bonchev–Trinajstić information content (AvgIpc) is 2.85. The van der Waals surface area contributed by atoms with E-state index in [1.807, 2.05) is 12.1 Å². The summed E-state index contributed by atoms with van der Waals surface area (Å²) in [6.45, 7) is 3.15. The van der Waals surface area contributed by atoms with Crippen LogP contribution in [0.2, 0.25) is 0 Å². The molecule has 94 valence electrons. The van der Waals surface area contributed by atoms with Gasteiger partial charge in [-0.25, -0.2) is 0 Å². The highest BCUT2D eigenvalue weighted by molar-refractivity contribution is 7.12. The standard InChI is InChI=1S/C13H19NO2S/c1-13(6-2-3-7-13)14-9-11-5-4-10(17-11)8-12(15)16/h4-5,14H,2-3,6-9H2,1H3,(H,15,16). The zero-order valence-electron chi connectivity index (χ0n) is 10.2. The summed E-state index contributed by atoms with van der Waals surface area (Å²) < 4.78 is 0. The SMILES string of the molecule is CC1(NCc2ccc(CC(=O)O)s2)CCCC1. The number of rotatable bonds is 5. The van der Waals surface area contributed by atoms with Crippen molar-refractivity contribution < 1.29 is 9.90 Å². The first kappa shape index (κ1) is 12.6. The van der Waals surface area contributed by atoms with E-state index in [0.717, 1.165) is 11.4 Å². The van der Waals surface area contributed by atoms with Crippen LogP contribution < -0.4 is 5.32 Å². The first-order valence-corrected chi connectivity index (χ1v) is 6.93. The van der Waals surface area contributed by atoms with E-state index in [0.29, 0.717) is 0 Å². The van der Waals surface area contributed by atoms with Gasteiger partial charge >= 0.3 is 5.97 Å². The van der Waals surface area contributed by atoms with Crippen LogP contribution in [0.4, 0.5) is 0 Å². The van der Waals surface area contributed by atoms with Crippen LogP contribution in [-0.2, 0) is 17.8 Å². The van der Waals surface area contributed by atoms with Crippen LogP contribution in [0.15, 0.2) is 12.1 Å². The molecule has 0 aliphatic heterocycles. The monoisotopic (exact) mass is 253 g/mol. The molecule has 1 saturated carbocycles. The van der Waals surface area contributed by atoms with Gasteiger partial charge in [0, 0.05) is 21.8 Å². The van der Waals surface area contributed by atoms with Crippen molar-refractivity contribution in [1.82, 2.24) is 5.32 Å². The number of hydrogen-bond donors (Lipinski definition) is 2. The van der Waals surface area contributed by atoms with Crippen molar-refractivity contribution in [3.63, 3.8) is 0 Å². The second-order valence-corrected chi connectivity index (χ2v) is 6.31. The summed E-state index contributed by atoms with van der Waals surface area (Å²) in [7, 11) is 0. The van der Waals surface area contributed by atoms with E-state index in [2.05, 4.69) is 12.2 Å². The minimum atomic E-state index is -0.755. The number of hydrogen-bond acceptors (Lipinski definition) is 3. The molecule has 1 aromatic rings. The molecule has 1 aliphatic rings. The fourth-order valence-electron chi connectivity index (χ4n) is 2.39. The van der Waals surface area contributed by atoms with Crippen LogP contribution in [0.25, 0.3) is 0 Å². The summed E-state index contributed by atoms with van der Waals surface area (Å²) in [6, 6.07) is 3.96. The van der Waals surface area contributed by atoms with Crippen LogP contribution >= 0.6 is 11.3 Å². The highest BCUT2D eigenvalue weighted by Crippen LogP contribution is 2.29. The lowest BCUT2D eigenvalue weighted by Crippen LogP contribution is -2.38. The predicted molar refractivity (Wildman–Crippen MR) is 69.4 cm³/mol. The highest BCUT2D eigenvalue weighted by Gasteiger charge is 2.27. The van der Waals surface area contributed by atoms with Crippen molar-refractivity contribution in [2.45, 2.75) is 51.1 Å². The van der Waals surface area contributed by atoms with Crippen molar-refractivity contribution in [1.29, 1.82) is 0 Å². The summed E-state index contributed by atoms with van der Waals surface area (Å²) >= 11 is 1.60. The lowest BCUT2D eigenvalue weighted by atomic mass is 10.0. The number of carboxylic acid groups (broad SMARTS) is 1. The lowest BCUT2D eigenvalue weighted by molar-refractivity contribution is -0.136. The van der Waals surface area contributed by atoms with Gasteiger partial charge in [0.15, 0.2) is 0 Å². The van der Waals surface area contributed by atoms with E-state index in [1.54, 1.807) is 11.3 Å². The molecule has 1 heterocycles. The summed E-state index contributed by atoms with van der Waals surface area (Å²) in [5, 5.41) is 12.3. The van der Waals surface area contributed by atoms with Gasteiger partial charge < -0.3 is 10.4 Å². The Kier molecular flexibility index (Phi) is 3.84. The molecule has 0 saturated heterocycles. The Bertz CT molecular complexity index is 394. The van der Waals surface area contributed by atoms with Crippen LogP contribution in [0.1, 0.15) is 42.4 Å². The maximum Gasteiger partial charge on any atom is 0.308 e. The van der Waals surface area contributed by atoms with Gasteiger partial charge in [-0.2, -0.15) is 0 Å². The van der Waals surface area contributed by atoms with E-state index in [1.165, 1.54) is 30.6 Å². The topological polar surface area (TPSA) is 49.3 Å². The van der Waals surface area contributed by atoms with E-state index < -0.39 is 5.97 Å². The van der Waals surface area contributed by atoms with E-state index in [-0.39, 0.29) is 12.0 Å². The van der Waals surface area contributed by atoms with Crippen molar-refractivity contribution in [2.75, 3.05) is 0 Å². The predicted octanol–water partition coefficient (Wildman–Crippen LogP) is 2.80. The molecule has 0 atom stereocenters. The molecule has 1 fully saturated rings. The molecule has 0 radical (unpaired) electrons. The molecule has 0 unspecified atom stereocenters. The number of thiophene rings is 1. The van der Waals surface area contributed by atoms with Gasteiger partial charge in [-0.1, -0.05) is 12.8 Å². The van der Waals surface area contributed by atoms with Gasteiger partial charge in [-0.3, -0.25) is 4.79 Å². The molecule has 0 bridgehead atoms. The van der Waals surface area contributed by atoms with Crippen LogP contribution in [0.5, 0.6) is 0 Å². The Morgan fingerprint density at radius 3 is 2.71 bits per heavy atom. The maximum absolute atomic E-state index is 10.6.